The summed E-state index contributed by atoms with van der Waals surface area (Å²) < 4.78 is 0. The number of nitrogens with one attached hydrogen (secondary N) is 2. The number of rotatable bonds is 11. The van der Waals surface area contributed by atoms with Gasteiger partial charge in [0.25, 0.3) is 0 Å². The molecule has 1 saturated carbocycles. The van der Waals surface area contributed by atoms with Gasteiger partial charge in [0.05, 0.1) is 11.8 Å². The van der Waals surface area contributed by atoms with Crippen LogP contribution in [0.5, 0.6) is 0 Å². The largest absolute Gasteiger partial charge is 0.396 e. The molecule has 0 radical (unpaired) electrons. The molecule has 5 unspecified atom stereocenters. The van der Waals surface area contributed by atoms with Crippen molar-refractivity contribution in [1.29, 1.82) is 0 Å². The van der Waals surface area contributed by atoms with E-state index in [1.807, 2.05) is 6.92 Å². The van der Waals surface area contributed by atoms with Crippen LogP contribution in [0.15, 0.2) is 17.1 Å². The van der Waals surface area contributed by atoms with Crippen molar-refractivity contribution in [3.05, 3.63) is 12.2 Å². The molecule has 1 saturated heterocycles. The van der Waals surface area contributed by atoms with Crippen LogP contribution in [-0.2, 0) is 9.59 Å². The molecule has 7 nitrogen and oxygen atoms in total. The number of aliphatic imine (C=N–C) groups is 1. The first-order valence-corrected chi connectivity index (χ1v) is 11.6. The van der Waals surface area contributed by atoms with Crippen LogP contribution in [-0.4, -0.2) is 60.6 Å². The zero-order valence-electron chi connectivity index (χ0n) is 19.0. The number of amides is 2. The lowest BCUT2D eigenvalue weighted by atomic mass is 9.85. The number of carbonyl (C=O) groups is 2. The summed E-state index contributed by atoms with van der Waals surface area (Å²) in [6.07, 6.45) is 7.74. The van der Waals surface area contributed by atoms with Gasteiger partial charge in [0.2, 0.25) is 11.8 Å². The number of fused-ring (bicyclic) bond motifs is 5. The summed E-state index contributed by atoms with van der Waals surface area (Å²) in [5, 5.41) is 15.9. The third-order valence-electron chi connectivity index (χ3n) is 6.61. The van der Waals surface area contributed by atoms with E-state index in [1.165, 1.54) is 4.90 Å². The number of aliphatic hydroxyl groups is 1. The van der Waals surface area contributed by atoms with E-state index < -0.39 is 0 Å². The lowest BCUT2D eigenvalue weighted by Gasteiger charge is -2.19. The molecule has 5 atom stereocenters. The van der Waals surface area contributed by atoms with E-state index in [9.17, 15) is 14.7 Å². The third-order valence-corrected chi connectivity index (χ3v) is 6.61. The SMILES string of the molecule is CCNC(=NCC(CCO)CC(C)C)NCCCN1C(=O)C2C3C=CC(C3)C2C1=O.I. The Balaban J connectivity index is 0.00000341. The molecule has 31 heavy (non-hydrogen) atoms. The Morgan fingerprint density at radius 3 is 2.39 bits per heavy atom. The van der Waals surface area contributed by atoms with E-state index in [0.29, 0.717) is 37.9 Å². The van der Waals surface area contributed by atoms with Gasteiger partial charge in [0, 0.05) is 32.8 Å². The first-order chi connectivity index (χ1) is 14.5. The maximum Gasteiger partial charge on any atom is 0.233 e. The molecule has 8 heteroatoms. The number of halogens is 1. The number of nitrogens with zero attached hydrogens (tertiary/aromatic N) is 2. The normalized spacial score (nSPS) is 27.6. The minimum atomic E-state index is -0.108. The lowest BCUT2D eigenvalue weighted by molar-refractivity contribution is -0.140. The van der Waals surface area contributed by atoms with Crippen LogP contribution in [0.1, 0.15) is 46.5 Å². The van der Waals surface area contributed by atoms with Gasteiger partial charge in [-0.3, -0.25) is 19.5 Å². The summed E-state index contributed by atoms with van der Waals surface area (Å²) in [5.74, 6) is 2.08. The van der Waals surface area contributed by atoms with Crippen molar-refractivity contribution in [1.82, 2.24) is 15.5 Å². The maximum absolute atomic E-state index is 12.7. The van der Waals surface area contributed by atoms with Gasteiger partial charge in [-0.1, -0.05) is 26.0 Å². The first-order valence-electron chi connectivity index (χ1n) is 11.6. The van der Waals surface area contributed by atoms with Crippen molar-refractivity contribution in [2.45, 2.75) is 46.5 Å². The van der Waals surface area contributed by atoms with Crippen molar-refractivity contribution in [3.63, 3.8) is 0 Å². The van der Waals surface area contributed by atoms with Crippen molar-refractivity contribution in [2.24, 2.45) is 40.5 Å². The fourth-order valence-corrected chi connectivity index (χ4v) is 5.32. The highest BCUT2D eigenvalue weighted by Gasteiger charge is 2.58. The molecule has 1 heterocycles. The second-order valence-corrected chi connectivity index (χ2v) is 9.34. The summed E-state index contributed by atoms with van der Waals surface area (Å²) in [6, 6.07) is 0. The zero-order valence-corrected chi connectivity index (χ0v) is 21.4. The third kappa shape index (κ3) is 6.21. The fraction of sp³-hybridized carbons (Fsp3) is 0.783. The standard InChI is InChI=1S/C23H38N4O3.HI/c1-4-24-23(26-14-16(8-11-28)12-15(2)3)25-9-5-10-27-21(29)19-17-6-7-18(13-17)20(19)22(27)30;/h6-7,15-20,28H,4-5,8-14H2,1-3H3,(H2,24,25,26);1H. The molecule has 2 bridgehead atoms. The Morgan fingerprint density at radius 1 is 1.19 bits per heavy atom. The Morgan fingerprint density at radius 2 is 1.84 bits per heavy atom. The van der Waals surface area contributed by atoms with Crippen LogP contribution in [0.2, 0.25) is 0 Å². The lowest BCUT2D eigenvalue weighted by Crippen LogP contribution is -2.40. The molecule has 1 aliphatic heterocycles. The van der Waals surface area contributed by atoms with Gasteiger partial charge in [-0.05, 0) is 56.3 Å². The number of allylic oxidation sites excluding steroid dienone is 2. The summed E-state index contributed by atoms with van der Waals surface area (Å²) in [5.41, 5.74) is 0. The van der Waals surface area contributed by atoms with Crippen LogP contribution < -0.4 is 10.6 Å². The first kappa shape index (κ1) is 26.1. The number of likely N-dealkylation sites (tertiary alicyclic amines) is 1. The Labute approximate surface area is 203 Å². The van der Waals surface area contributed by atoms with E-state index in [0.717, 1.165) is 31.8 Å². The van der Waals surface area contributed by atoms with Crippen molar-refractivity contribution < 1.29 is 14.7 Å². The van der Waals surface area contributed by atoms with Gasteiger partial charge < -0.3 is 15.7 Å². The second-order valence-electron chi connectivity index (χ2n) is 9.34. The van der Waals surface area contributed by atoms with Gasteiger partial charge >= 0.3 is 0 Å². The smallest absolute Gasteiger partial charge is 0.233 e. The summed E-state index contributed by atoms with van der Waals surface area (Å²) in [6.45, 7) is 9.16. The molecular formula is C23H39IN4O3. The minimum absolute atomic E-state index is 0. The molecule has 176 valence electrons. The molecule has 0 aromatic carbocycles. The van der Waals surface area contributed by atoms with Gasteiger partial charge in [-0.2, -0.15) is 0 Å². The van der Waals surface area contributed by atoms with Crippen LogP contribution in [0, 0.1) is 35.5 Å². The van der Waals surface area contributed by atoms with E-state index in [1.54, 1.807) is 0 Å². The van der Waals surface area contributed by atoms with Crippen molar-refractivity contribution in [2.75, 3.05) is 32.8 Å². The Bertz CT molecular complexity index is 652. The molecule has 3 N–H and O–H groups in total. The van der Waals surface area contributed by atoms with Crippen LogP contribution in [0.25, 0.3) is 0 Å². The highest BCUT2D eigenvalue weighted by Crippen LogP contribution is 2.52. The highest BCUT2D eigenvalue weighted by molar-refractivity contribution is 14.0. The Hall–Kier alpha value is -1.16. The number of hydrogen-bond donors (Lipinski definition) is 3. The minimum Gasteiger partial charge on any atom is -0.396 e. The molecule has 2 amide bonds. The zero-order chi connectivity index (χ0) is 21.7. The van der Waals surface area contributed by atoms with Crippen LogP contribution in [0.4, 0.5) is 0 Å². The molecule has 0 aromatic heterocycles. The molecule has 3 rings (SSSR count). The summed E-state index contributed by atoms with van der Waals surface area (Å²) >= 11 is 0. The molecule has 2 aliphatic carbocycles. The number of guanidine groups is 1. The van der Waals surface area contributed by atoms with E-state index in [4.69, 9.17) is 0 Å². The van der Waals surface area contributed by atoms with Gasteiger partial charge in [0.1, 0.15) is 0 Å². The predicted octanol–water partition coefficient (Wildman–Crippen LogP) is 2.40. The molecule has 0 spiro atoms. The summed E-state index contributed by atoms with van der Waals surface area (Å²) in [7, 11) is 0. The summed E-state index contributed by atoms with van der Waals surface area (Å²) in [4.78, 5) is 31.7. The molecule has 0 aromatic rings. The van der Waals surface area contributed by atoms with Crippen LogP contribution >= 0.6 is 24.0 Å². The molecular weight excluding hydrogens is 507 g/mol. The number of hydrogen-bond acceptors (Lipinski definition) is 4. The maximum atomic E-state index is 12.7. The fourth-order valence-electron chi connectivity index (χ4n) is 5.32. The van der Waals surface area contributed by atoms with Gasteiger partial charge in [0.15, 0.2) is 5.96 Å². The number of aliphatic hydroxyl groups excluding tert-OH is 1. The van der Waals surface area contributed by atoms with E-state index in [-0.39, 0.29) is 66.1 Å². The molecule has 3 aliphatic rings. The highest BCUT2D eigenvalue weighted by atomic mass is 127. The average molecular weight is 546 g/mol. The number of carbonyl (C=O) groups excluding carboxylic acids is 2. The molecule has 2 fully saturated rings. The quantitative estimate of drug-likeness (QED) is 0.0925. The average Bonchev–Trinajstić information content (AvgIpc) is 3.38. The van der Waals surface area contributed by atoms with Gasteiger partial charge in [-0.25, -0.2) is 0 Å². The van der Waals surface area contributed by atoms with E-state index >= 15 is 0 Å². The number of imide groups is 1. The van der Waals surface area contributed by atoms with Crippen molar-refractivity contribution in [3.8, 4) is 0 Å². The van der Waals surface area contributed by atoms with E-state index in [2.05, 4.69) is 41.6 Å². The predicted molar refractivity (Wildman–Crippen MR) is 133 cm³/mol. The monoisotopic (exact) mass is 546 g/mol. The second kappa shape index (κ2) is 12.2. The Kier molecular flexibility index (Phi) is 10.3. The topological polar surface area (TPSA) is 94.0 Å². The van der Waals surface area contributed by atoms with Crippen molar-refractivity contribution >= 4 is 41.8 Å². The van der Waals surface area contributed by atoms with Crippen LogP contribution in [0.3, 0.4) is 0 Å². The van der Waals surface area contributed by atoms with Gasteiger partial charge in [-0.15, -0.1) is 24.0 Å².